The number of fused-ring (bicyclic) bond motifs is 9. The fourth-order valence-electron chi connectivity index (χ4n) is 9.18. The smallest absolute Gasteiger partial charge is 0.235 e. The number of carbonyl (C=O) groups excluding carboxylic acids is 3. The standard InChI is InChI=1S/C47H52N6O3S2.CH4N/c1-45(2)38-19-6-5-7-20-39-46(3,4)43-34-17-11-9-15-32(34)22-24-37(43)53(39)29-26-41(55)51-50-35(18-12-13-27-48)44(56)47(57-58-47)30-49-40(54)25-28-52(38)36-23-21-31-14-8-10-16-33(31)42(36)45;1-2/h5-11,14-17,19-24,35,50H,12-13,18,25-30,48H2,1-4H3,(H-,49,51,54,55);2H,1H3/q;-1/p+1/t35-;/m0./s1. The van der Waals surface area contributed by atoms with Crippen LogP contribution in [0.4, 0.5) is 11.4 Å². The summed E-state index contributed by atoms with van der Waals surface area (Å²) in [6.07, 6.45) is 13.1. The quantitative estimate of drug-likeness (QED) is 0.0694. The second kappa shape index (κ2) is 18.1. The van der Waals surface area contributed by atoms with Crippen LogP contribution < -0.4 is 26.8 Å². The van der Waals surface area contributed by atoms with Crippen molar-refractivity contribution >= 4 is 77.8 Å². The Kier molecular flexibility index (Phi) is 13.1. The summed E-state index contributed by atoms with van der Waals surface area (Å²) in [6, 6.07) is 25.1. The molecule has 0 bridgehead atoms. The minimum absolute atomic E-state index is 0.0378. The van der Waals surface area contributed by atoms with Crippen molar-refractivity contribution in [1.29, 1.82) is 0 Å². The first-order chi connectivity index (χ1) is 29.0. The molecule has 1 fully saturated rings. The number of hydrogen-bond acceptors (Lipinski definition) is 8. The molecule has 4 aromatic carbocycles. The van der Waals surface area contributed by atoms with Gasteiger partial charge in [0.1, 0.15) is 0 Å². The predicted molar refractivity (Wildman–Crippen MR) is 251 cm³/mol. The SMILES string of the molecule is CC1(C)C2=[N+](CCC(=O)NCC3(SS3)C(=O)[C@H](CCCCN)NNC(=O)CCN3/C(=C/C=C/C=C/2)C(C)(C)c2c3ccc3ccccc23)c2ccc3ccccc3c21.C[NH-]. The van der Waals surface area contributed by atoms with Crippen molar-refractivity contribution in [2.24, 2.45) is 5.73 Å². The van der Waals surface area contributed by atoms with Crippen LogP contribution in [0.3, 0.4) is 0 Å². The number of Topliss-reactive ketones (excluding diaryl/α,β-unsaturated/α-hetero) is 1. The van der Waals surface area contributed by atoms with E-state index in [0.29, 0.717) is 26.1 Å². The third-order valence-electron chi connectivity index (χ3n) is 12.2. The lowest BCUT2D eigenvalue weighted by molar-refractivity contribution is -0.436. The highest BCUT2D eigenvalue weighted by Gasteiger charge is 2.55. The first-order valence-electron chi connectivity index (χ1n) is 20.9. The second-order valence-corrected chi connectivity index (χ2v) is 19.7. The lowest BCUT2D eigenvalue weighted by Crippen LogP contribution is -2.53. The number of nitrogens with zero attached hydrogens (tertiary/aromatic N) is 2. The maximum atomic E-state index is 14.1. The van der Waals surface area contributed by atoms with E-state index in [2.05, 4.69) is 157 Å². The normalized spacial score (nSPS) is 23.1. The van der Waals surface area contributed by atoms with E-state index in [0.717, 1.165) is 35.6 Å². The van der Waals surface area contributed by atoms with E-state index in [1.807, 2.05) is 0 Å². The zero-order chi connectivity index (χ0) is 42.7. The van der Waals surface area contributed by atoms with Crippen LogP contribution in [0.1, 0.15) is 70.9 Å². The maximum absolute atomic E-state index is 14.1. The summed E-state index contributed by atoms with van der Waals surface area (Å²) in [5.74, 6) is -0.344. The van der Waals surface area contributed by atoms with Crippen LogP contribution in [0.15, 0.2) is 109 Å². The van der Waals surface area contributed by atoms with E-state index >= 15 is 0 Å². The van der Waals surface area contributed by atoms with Crippen LogP contribution in [0, 0.1) is 0 Å². The molecule has 0 radical (unpaired) electrons. The van der Waals surface area contributed by atoms with Gasteiger partial charge in [0.05, 0.1) is 24.4 Å². The Balaban J connectivity index is 0.00000268. The van der Waals surface area contributed by atoms with Gasteiger partial charge in [-0.2, -0.15) is 11.6 Å². The zero-order valence-electron chi connectivity index (χ0n) is 35.3. The van der Waals surface area contributed by atoms with Crippen LogP contribution in [-0.4, -0.2) is 71.2 Å². The fraction of sp³-hybridized carbons (Fsp3) is 0.375. The monoisotopic (exact) mass is 843 g/mol. The van der Waals surface area contributed by atoms with Gasteiger partial charge in [-0.25, -0.2) is 5.43 Å². The third kappa shape index (κ3) is 8.32. The lowest BCUT2D eigenvalue weighted by Gasteiger charge is -2.27. The van der Waals surface area contributed by atoms with Gasteiger partial charge in [0.15, 0.2) is 22.1 Å². The number of nitrogens with one attached hydrogen (secondary N) is 4. The van der Waals surface area contributed by atoms with E-state index in [4.69, 9.17) is 11.5 Å². The summed E-state index contributed by atoms with van der Waals surface area (Å²) in [5, 5.41) is 7.87. The number of hydrazine groups is 1. The highest BCUT2D eigenvalue weighted by molar-refractivity contribution is 8.94. The van der Waals surface area contributed by atoms with Crippen molar-refractivity contribution < 1.29 is 19.0 Å². The summed E-state index contributed by atoms with van der Waals surface area (Å²) in [4.78, 5) is 43.5. The summed E-state index contributed by atoms with van der Waals surface area (Å²) in [5.41, 5.74) is 23.8. The average molecular weight is 844 g/mol. The number of benzene rings is 4. The van der Waals surface area contributed by atoms with Gasteiger partial charge in [-0.15, -0.1) is 0 Å². The molecule has 1 saturated heterocycles. The molecule has 4 aliphatic heterocycles. The molecule has 6 N–H and O–H groups in total. The number of carbonyl (C=O) groups is 3. The largest absolute Gasteiger partial charge is 0.680 e. The van der Waals surface area contributed by atoms with Gasteiger partial charge in [-0.3, -0.25) is 19.8 Å². The molecule has 12 heteroatoms. The first-order valence-corrected chi connectivity index (χ1v) is 23.1. The molecule has 10 nitrogen and oxygen atoms in total. The van der Waals surface area contributed by atoms with Crippen molar-refractivity contribution in [3.63, 3.8) is 0 Å². The van der Waals surface area contributed by atoms with Crippen molar-refractivity contribution in [2.75, 3.05) is 38.1 Å². The number of allylic oxidation sites excluding steroid dienone is 6. The van der Waals surface area contributed by atoms with Gasteiger partial charge >= 0.3 is 0 Å². The molecule has 0 unspecified atom stereocenters. The lowest BCUT2D eigenvalue weighted by atomic mass is 9.79. The van der Waals surface area contributed by atoms with E-state index < -0.39 is 10.1 Å². The number of amides is 2. The molecular weight excluding hydrogens is 787 g/mol. The Morgan fingerprint density at radius 2 is 1.48 bits per heavy atom. The highest BCUT2D eigenvalue weighted by Crippen LogP contribution is 2.65. The Morgan fingerprint density at radius 1 is 0.800 bits per heavy atom. The van der Waals surface area contributed by atoms with E-state index in [1.54, 1.807) is 0 Å². The molecule has 1 atom stereocenters. The number of nitrogens with two attached hydrogens (primary N) is 1. The summed E-state index contributed by atoms with van der Waals surface area (Å²) in [7, 11) is 4.19. The maximum Gasteiger partial charge on any atom is 0.235 e. The molecule has 60 heavy (non-hydrogen) atoms. The minimum Gasteiger partial charge on any atom is -0.680 e. The van der Waals surface area contributed by atoms with E-state index in [9.17, 15) is 14.4 Å². The second-order valence-electron chi connectivity index (χ2n) is 16.7. The topological polar surface area (TPSA) is 143 Å². The van der Waals surface area contributed by atoms with Crippen LogP contribution in [0.2, 0.25) is 0 Å². The van der Waals surface area contributed by atoms with Gasteiger partial charge in [-0.05, 0) is 78.6 Å². The first kappa shape index (κ1) is 43.4. The van der Waals surface area contributed by atoms with Crippen molar-refractivity contribution in [3.8, 4) is 0 Å². The molecule has 314 valence electrons. The van der Waals surface area contributed by atoms with Crippen LogP contribution in [-0.2, 0) is 25.2 Å². The summed E-state index contributed by atoms with van der Waals surface area (Å²) < 4.78 is 1.49. The molecule has 4 heterocycles. The number of hydrogen-bond donors (Lipinski definition) is 4. The van der Waals surface area contributed by atoms with Gasteiger partial charge in [0, 0.05) is 47.5 Å². The van der Waals surface area contributed by atoms with Gasteiger partial charge in [-0.1, -0.05) is 115 Å². The van der Waals surface area contributed by atoms with Crippen LogP contribution >= 0.6 is 21.6 Å². The van der Waals surface area contributed by atoms with Gasteiger partial charge < -0.3 is 21.7 Å². The Hall–Kier alpha value is -4.72. The summed E-state index contributed by atoms with van der Waals surface area (Å²) >= 11 is 0. The fourth-order valence-corrected chi connectivity index (χ4v) is 11.1. The Morgan fingerprint density at radius 3 is 2.18 bits per heavy atom. The number of unbranched alkanes of at least 4 members (excludes halogenated alkanes) is 1. The van der Waals surface area contributed by atoms with E-state index in [1.165, 1.54) is 61.3 Å². The van der Waals surface area contributed by atoms with Crippen LogP contribution in [0.25, 0.3) is 27.3 Å². The number of anilines is 1. The zero-order valence-corrected chi connectivity index (χ0v) is 36.9. The third-order valence-corrected chi connectivity index (χ3v) is 15.2. The summed E-state index contributed by atoms with van der Waals surface area (Å²) in [6.45, 7) is 10.7. The Bertz CT molecular complexity index is 2430. The average Bonchev–Trinajstić information content (AvgIpc) is 3.97. The van der Waals surface area contributed by atoms with Crippen molar-refractivity contribution in [1.82, 2.24) is 16.2 Å². The minimum atomic E-state index is -0.807. The molecule has 4 aromatic rings. The molecule has 8 rings (SSSR count). The number of rotatable bonds is 4. The molecule has 1 spiro atoms. The van der Waals surface area contributed by atoms with Gasteiger partial charge in [0.25, 0.3) is 0 Å². The van der Waals surface area contributed by atoms with Crippen molar-refractivity contribution in [3.05, 3.63) is 126 Å². The molecule has 0 saturated carbocycles. The molecule has 0 aliphatic carbocycles. The number of ketones is 1. The van der Waals surface area contributed by atoms with Gasteiger partial charge in [0.2, 0.25) is 17.5 Å². The molecule has 2 amide bonds. The molecule has 0 aromatic heterocycles. The van der Waals surface area contributed by atoms with E-state index in [-0.39, 0.29) is 47.8 Å². The Labute approximate surface area is 361 Å². The van der Waals surface area contributed by atoms with Crippen molar-refractivity contribution in [2.45, 2.75) is 80.7 Å². The molecular formula is C48H57N7O3S2. The predicted octanol–water partition coefficient (Wildman–Crippen LogP) is 8.52. The molecule has 4 aliphatic rings. The highest BCUT2D eigenvalue weighted by atomic mass is 33.2. The van der Waals surface area contributed by atoms with Crippen LogP contribution in [0.5, 0.6) is 0 Å².